The molecule has 0 bridgehead atoms. The summed E-state index contributed by atoms with van der Waals surface area (Å²) in [5.41, 5.74) is -8.63. The monoisotopic (exact) mass is 560 g/mol. The number of benzene rings is 2. The van der Waals surface area contributed by atoms with Gasteiger partial charge in [-0.05, 0) is 42.3 Å². The van der Waals surface area contributed by atoms with E-state index in [1.165, 1.54) is 30.3 Å². The van der Waals surface area contributed by atoms with Crippen LogP contribution in [0.4, 0.5) is 30.7 Å². The van der Waals surface area contributed by atoms with Crippen molar-refractivity contribution < 1.29 is 40.3 Å². The molecule has 1 heterocycles. The molecule has 202 valence electrons. The molecule has 0 aliphatic carbocycles. The van der Waals surface area contributed by atoms with Crippen LogP contribution in [-0.2, 0) is 26.8 Å². The van der Waals surface area contributed by atoms with Gasteiger partial charge < -0.3 is 10.1 Å². The topological polar surface area (TPSA) is 51.2 Å². The molecule has 0 radical (unpaired) electrons. The Morgan fingerprint density at radius 2 is 1.63 bits per heavy atom. The zero-order chi connectivity index (χ0) is 28.4. The summed E-state index contributed by atoms with van der Waals surface area (Å²) in [7, 11) is 0.666. The zero-order valence-corrected chi connectivity index (χ0v) is 20.4. The van der Waals surface area contributed by atoms with Gasteiger partial charge in [0, 0.05) is 18.9 Å². The van der Waals surface area contributed by atoms with E-state index in [2.05, 4.69) is 16.9 Å². The van der Waals surface area contributed by atoms with Crippen LogP contribution in [0.5, 0.6) is 0 Å². The van der Waals surface area contributed by atoms with Gasteiger partial charge in [-0.15, -0.1) is 6.58 Å². The average Bonchev–Trinajstić information content (AvgIpc) is 2.84. The number of aromatic nitrogens is 1. The van der Waals surface area contributed by atoms with E-state index in [1.807, 2.05) is 0 Å². The maximum atomic E-state index is 14.6. The van der Waals surface area contributed by atoms with Crippen molar-refractivity contribution in [2.45, 2.75) is 29.9 Å². The van der Waals surface area contributed by atoms with Crippen molar-refractivity contribution in [2.24, 2.45) is 0 Å². The molecule has 0 aliphatic heterocycles. The Kier molecular flexibility index (Phi) is 8.23. The second-order valence-corrected chi connectivity index (χ2v) is 8.63. The number of ether oxygens (including phenoxy) is 1. The van der Waals surface area contributed by atoms with Crippen LogP contribution in [0.3, 0.4) is 0 Å². The molecule has 0 fully saturated rings. The van der Waals surface area contributed by atoms with E-state index in [0.717, 1.165) is 24.4 Å². The number of rotatable bonds is 8. The Morgan fingerprint density at radius 1 is 1.00 bits per heavy atom. The lowest BCUT2D eigenvalue weighted by Gasteiger charge is -2.40. The third kappa shape index (κ3) is 5.39. The molecule has 0 saturated heterocycles. The van der Waals surface area contributed by atoms with E-state index in [1.54, 1.807) is 0 Å². The summed E-state index contributed by atoms with van der Waals surface area (Å²) in [6.07, 6.45) is -8.62. The van der Waals surface area contributed by atoms with E-state index < -0.39 is 58.3 Å². The number of hydrogen-bond acceptors (Lipinski definition) is 3. The fourth-order valence-corrected chi connectivity index (χ4v) is 4.22. The first-order valence-electron chi connectivity index (χ1n) is 10.8. The molecule has 0 unspecified atom stereocenters. The lowest BCUT2D eigenvalue weighted by Crippen LogP contribution is -2.60. The molecule has 1 amide bonds. The molecule has 3 aromatic rings. The lowest BCUT2D eigenvalue weighted by atomic mass is 9.80. The summed E-state index contributed by atoms with van der Waals surface area (Å²) in [6.45, 7) is 3.53. The first-order valence-corrected chi connectivity index (χ1v) is 11.2. The van der Waals surface area contributed by atoms with Gasteiger partial charge in [-0.3, -0.25) is 9.78 Å². The number of halogens is 8. The molecule has 2 aromatic carbocycles. The number of amides is 1. The predicted octanol–water partition coefficient (Wildman–Crippen LogP) is 6.93. The molecule has 4 nitrogen and oxygen atoms in total. The largest absolute Gasteiger partial charge is 0.430 e. The van der Waals surface area contributed by atoms with Crippen LogP contribution < -0.4 is 5.32 Å². The number of alkyl halides is 6. The molecule has 38 heavy (non-hydrogen) atoms. The fraction of sp³-hybridized carbons (Fsp3) is 0.231. The van der Waals surface area contributed by atoms with Gasteiger partial charge in [0.1, 0.15) is 11.4 Å². The molecule has 2 atom stereocenters. The van der Waals surface area contributed by atoms with Crippen molar-refractivity contribution >= 4 is 17.5 Å². The summed E-state index contributed by atoms with van der Waals surface area (Å²) >= 11 is 5.89. The summed E-state index contributed by atoms with van der Waals surface area (Å²) in [4.78, 5) is 17.7. The molecule has 1 N–H and O–H groups in total. The Labute approximate surface area is 218 Å². The zero-order valence-electron chi connectivity index (χ0n) is 19.6. The van der Waals surface area contributed by atoms with Crippen molar-refractivity contribution in [3.05, 3.63) is 113 Å². The van der Waals surface area contributed by atoms with Crippen molar-refractivity contribution in [2.75, 3.05) is 7.11 Å². The lowest BCUT2D eigenvalue weighted by molar-refractivity contribution is -0.266. The van der Waals surface area contributed by atoms with Crippen LogP contribution in [0.25, 0.3) is 0 Å². The molecule has 12 heteroatoms. The molecule has 0 spiro atoms. The third-order valence-electron chi connectivity index (χ3n) is 5.87. The third-order valence-corrected chi connectivity index (χ3v) is 6.09. The van der Waals surface area contributed by atoms with Gasteiger partial charge in [-0.2, -0.15) is 26.3 Å². The van der Waals surface area contributed by atoms with Gasteiger partial charge in [-0.1, -0.05) is 48.0 Å². The molecule has 0 aliphatic rings. The van der Waals surface area contributed by atoms with Crippen molar-refractivity contribution in [3.63, 3.8) is 0 Å². The minimum atomic E-state index is -5.33. The maximum absolute atomic E-state index is 14.6. The van der Waals surface area contributed by atoms with E-state index in [4.69, 9.17) is 16.3 Å². The van der Waals surface area contributed by atoms with Crippen LogP contribution in [0.2, 0.25) is 5.02 Å². The van der Waals surface area contributed by atoms with Gasteiger partial charge in [0.25, 0.3) is 11.5 Å². The Bertz CT molecular complexity index is 1300. The minimum absolute atomic E-state index is 0.0913. The predicted molar refractivity (Wildman–Crippen MR) is 126 cm³/mol. The molecule has 0 saturated carbocycles. The second kappa shape index (κ2) is 10.7. The molecule has 1 aromatic heterocycles. The Hall–Kier alpha value is -3.44. The number of carbonyl (C=O) groups is 1. The second-order valence-electron chi connectivity index (χ2n) is 8.19. The van der Waals surface area contributed by atoms with Crippen LogP contribution in [0.1, 0.15) is 28.8 Å². The maximum Gasteiger partial charge on any atom is 0.430 e. The van der Waals surface area contributed by atoms with Gasteiger partial charge in [0.2, 0.25) is 0 Å². The van der Waals surface area contributed by atoms with Gasteiger partial charge in [0.15, 0.2) is 0 Å². The van der Waals surface area contributed by atoms with E-state index in [-0.39, 0.29) is 16.8 Å². The van der Waals surface area contributed by atoms with E-state index in [0.29, 0.717) is 19.2 Å². The highest BCUT2D eigenvalue weighted by Crippen LogP contribution is 2.44. The summed E-state index contributed by atoms with van der Waals surface area (Å²) in [5.74, 6) is -3.13. The highest BCUT2D eigenvalue weighted by molar-refractivity contribution is 6.30. The summed E-state index contributed by atoms with van der Waals surface area (Å²) < 4.78 is 104. The normalized spacial score (nSPS) is 15.3. The van der Waals surface area contributed by atoms with Crippen LogP contribution in [0.15, 0.2) is 79.5 Å². The standard InChI is InChI=1S/C26H20ClF7N2O2/c1-3-11-23(21-10-9-19(27)15-35-21,17-12-18(25(29,30)31)14-20(28)13-17)36-22(37)24(38-2,26(32,33)34)16-7-5-4-6-8-16/h3-10,12-15H,1,11H2,2H3,(H,36,37)/t23-,24+/m1/s1. The van der Waals surface area contributed by atoms with Gasteiger partial charge >= 0.3 is 12.4 Å². The Balaban J connectivity index is 2.35. The first-order chi connectivity index (χ1) is 17.7. The number of nitrogens with one attached hydrogen (secondary N) is 1. The number of hydrogen-bond donors (Lipinski definition) is 1. The number of carbonyl (C=O) groups excluding carboxylic acids is 1. The SMILES string of the molecule is C=CC[C@@](NC(=O)[C@@](OC)(c1ccccc1)C(F)(F)F)(c1cc(F)cc(C(F)(F)F)c1)c1ccc(Cl)cn1. The quantitative estimate of drug-likeness (QED) is 0.240. The van der Waals surface area contributed by atoms with E-state index in [9.17, 15) is 35.5 Å². The first kappa shape index (κ1) is 29.1. The molecular weight excluding hydrogens is 541 g/mol. The number of nitrogens with zero attached hydrogens (tertiary/aromatic N) is 1. The van der Waals surface area contributed by atoms with Crippen molar-refractivity contribution in [3.8, 4) is 0 Å². The highest BCUT2D eigenvalue weighted by Gasteiger charge is 2.63. The van der Waals surface area contributed by atoms with Gasteiger partial charge in [0.05, 0.1) is 16.3 Å². The summed E-state index contributed by atoms with van der Waals surface area (Å²) in [5, 5.41) is 2.28. The van der Waals surface area contributed by atoms with Crippen LogP contribution in [-0.4, -0.2) is 24.2 Å². The summed E-state index contributed by atoms with van der Waals surface area (Å²) in [6, 6.07) is 9.81. The molecule has 3 rings (SSSR count). The van der Waals surface area contributed by atoms with Crippen molar-refractivity contribution in [1.82, 2.24) is 10.3 Å². The number of pyridine rings is 1. The average molecular weight is 561 g/mol. The fourth-order valence-electron chi connectivity index (χ4n) is 4.11. The van der Waals surface area contributed by atoms with Crippen LogP contribution in [0, 0.1) is 5.82 Å². The van der Waals surface area contributed by atoms with Crippen molar-refractivity contribution in [1.29, 1.82) is 0 Å². The minimum Gasteiger partial charge on any atom is -0.356 e. The number of methoxy groups -OCH3 is 1. The Morgan fingerprint density at radius 3 is 2.13 bits per heavy atom. The van der Waals surface area contributed by atoms with E-state index >= 15 is 0 Å². The highest BCUT2D eigenvalue weighted by atomic mass is 35.5. The van der Waals surface area contributed by atoms with Gasteiger partial charge in [-0.25, -0.2) is 4.39 Å². The molecular formula is C26H20ClF7N2O2. The van der Waals surface area contributed by atoms with Crippen LogP contribution >= 0.6 is 11.6 Å². The smallest absolute Gasteiger partial charge is 0.356 e.